The summed E-state index contributed by atoms with van der Waals surface area (Å²) in [5, 5.41) is 7.09. The lowest BCUT2D eigenvalue weighted by atomic mass is 9.96. The summed E-state index contributed by atoms with van der Waals surface area (Å²) in [7, 11) is 3.88. The van der Waals surface area contributed by atoms with E-state index in [-0.39, 0.29) is 23.4 Å². The zero-order valence-corrected chi connectivity index (χ0v) is 24.0. The highest BCUT2D eigenvalue weighted by molar-refractivity contribution is 5.89. The van der Waals surface area contributed by atoms with E-state index in [1.54, 1.807) is 17.9 Å². The highest BCUT2D eigenvalue weighted by atomic mass is 16.5. The van der Waals surface area contributed by atoms with Crippen molar-refractivity contribution in [2.45, 2.75) is 65.4 Å². The molecule has 2 fully saturated rings. The summed E-state index contributed by atoms with van der Waals surface area (Å²) in [5.74, 6) is 0.960. The number of aromatic amines is 1. The van der Waals surface area contributed by atoms with Gasteiger partial charge in [0, 0.05) is 36.7 Å². The van der Waals surface area contributed by atoms with Crippen LogP contribution in [0.3, 0.4) is 0 Å². The Bertz CT molecular complexity index is 1090. The Hall–Kier alpha value is -3.10. The van der Waals surface area contributed by atoms with Gasteiger partial charge in [-0.25, -0.2) is 0 Å². The lowest BCUT2D eigenvalue weighted by Crippen LogP contribution is -2.47. The number of hydrogen-bond donors (Lipinski definition) is 1. The van der Waals surface area contributed by atoms with Gasteiger partial charge < -0.3 is 14.5 Å². The number of amides is 1. The number of ether oxygens (including phenoxy) is 1. The van der Waals surface area contributed by atoms with Gasteiger partial charge in [-0.05, 0) is 66.3 Å². The number of hydrogen-bond acceptors (Lipinski definition) is 6. The molecule has 1 aliphatic carbocycles. The van der Waals surface area contributed by atoms with E-state index in [0.717, 1.165) is 18.0 Å². The molecule has 2 unspecified atom stereocenters. The fourth-order valence-corrected chi connectivity index (χ4v) is 3.77. The number of benzene rings is 1. The fraction of sp³-hybridized carbons (Fsp3) is 0.533. The molecule has 0 radical (unpaired) electrons. The molecule has 2 heterocycles. The molecular formula is C30H44N4O4. The lowest BCUT2D eigenvalue weighted by molar-refractivity contribution is -0.141. The van der Waals surface area contributed by atoms with Crippen molar-refractivity contribution in [3.63, 3.8) is 0 Å². The minimum absolute atomic E-state index is 0.0280. The molecule has 1 aliphatic heterocycles. The molecule has 208 valence electrons. The minimum Gasteiger partial charge on any atom is -0.367 e. The fourth-order valence-electron chi connectivity index (χ4n) is 3.77. The van der Waals surface area contributed by atoms with Crippen LogP contribution in [0.25, 0.3) is 0 Å². The van der Waals surface area contributed by atoms with Crippen molar-refractivity contribution in [3.8, 4) is 0 Å². The van der Waals surface area contributed by atoms with Crippen LogP contribution >= 0.6 is 0 Å². The molecule has 1 N–H and O–H groups in total. The van der Waals surface area contributed by atoms with Crippen molar-refractivity contribution in [2.75, 3.05) is 40.3 Å². The van der Waals surface area contributed by atoms with Crippen LogP contribution in [0.15, 0.2) is 42.5 Å². The van der Waals surface area contributed by atoms with Gasteiger partial charge in [-0.1, -0.05) is 42.8 Å². The number of H-pyrrole nitrogens is 1. The van der Waals surface area contributed by atoms with E-state index < -0.39 is 6.10 Å². The number of carbonyl (C=O) groups excluding carboxylic acids is 3. The molecule has 8 heteroatoms. The molecule has 1 aromatic heterocycles. The van der Waals surface area contributed by atoms with Crippen LogP contribution in [0, 0.1) is 13.8 Å². The summed E-state index contributed by atoms with van der Waals surface area (Å²) in [6, 6.07) is 10.2. The Morgan fingerprint density at radius 1 is 1.18 bits per heavy atom. The Labute approximate surface area is 227 Å². The third kappa shape index (κ3) is 11.1. The molecule has 8 nitrogen and oxygen atoms in total. The third-order valence-electron chi connectivity index (χ3n) is 6.44. The molecular weight excluding hydrogens is 480 g/mol. The second-order valence-corrected chi connectivity index (χ2v) is 10.4. The van der Waals surface area contributed by atoms with Gasteiger partial charge in [0.2, 0.25) is 5.91 Å². The van der Waals surface area contributed by atoms with Gasteiger partial charge in [0.25, 0.3) is 0 Å². The van der Waals surface area contributed by atoms with Crippen LogP contribution in [-0.4, -0.2) is 83.9 Å². The highest BCUT2D eigenvalue weighted by Crippen LogP contribution is 2.38. The maximum absolute atomic E-state index is 11.8. The number of Topliss-reactive ketones (excluding diaryl/α,β-unsaturated/α-hetero) is 2. The predicted molar refractivity (Wildman–Crippen MR) is 150 cm³/mol. The Balaban J connectivity index is 0.000000210. The van der Waals surface area contributed by atoms with Crippen molar-refractivity contribution in [2.24, 2.45) is 0 Å². The van der Waals surface area contributed by atoms with Crippen molar-refractivity contribution in [1.29, 1.82) is 0 Å². The summed E-state index contributed by atoms with van der Waals surface area (Å²) < 4.78 is 5.29. The van der Waals surface area contributed by atoms with Crippen molar-refractivity contribution < 1.29 is 19.1 Å². The van der Waals surface area contributed by atoms with Gasteiger partial charge >= 0.3 is 0 Å². The first kappa shape index (κ1) is 31.1. The van der Waals surface area contributed by atoms with E-state index in [2.05, 4.69) is 22.3 Å². The first-order valence-electron chi connectivity index (χ1n) is 13.3. The highest BCUT2D eigenvalue weighted by Gasteiger charge is 2.26. The number of ketones is 2. The number of rotatable bonds is 7. The summed E-state index contributed by atoms with van der Waals surface area (Å²) >= 11 is 0. The third-order valence-corrected chi connectivity index (χ3v) is 6.44. The molecule has 0 spiro atoms. The predicted octanol–water partition coefficient (Wildman–Crippen LogP) is 4.20. The lowest BCUT2D eigenvalue weighted by Gasteiger charge is -2.30. The molecule has 1 aromatic carbocycles. The average Bonchev–Trinajstić information content (AvgIpc) is 3.64. The van der Waals surface area contributed by atoms with Gasteiger partial charge in [0.15, 0.2) is 5.78 Å². The summed E-state index contributed by atoms with van der Waals surface area (Å²) in [6.07, 6.45) is 5.59. The monoisotopic (exact) mass is 524 g/mol. The molecule has 0 bridgehead atoms. The zero-order chi connectivity index (χ0) is 28.2. The second kappa shape index (κ2) is 15.3. The second-order valence-electron chi connectivity index (χ2n) is 10.4. The van der Waals surface area contributed by atoms with E-state index in [4.69, 9.17) is 4.74 Å². The Morgan fingerprint density at radius 3 is 2.42 bits per heavy atom. The van der Waals surface area contributed by atoms with Crippen LogP contribution in [-0.2, 0) is 19.1 Å². The first-order valence-corrected chi connectivity index (χ1v) is 13.3. The number of nitrogens with zero attached hydrogens (tertiary/aromatic N) is 3. The number of morpholine rings is 1. The van der Waals surface area contributed by atoms with E-state index in [0.29, 0.717) is 19.7 Å². The zero-order valence-electron chi connectivity index (χ0n) is 24.0. The number of aromatic nitrogens is 2. The van der Waals surface area contributed by atoms with Crippen molar-refractivity contribution in [1.82, 2.24) is 20.0 Å². The minimum atomic E-state index is -0.463. The average molecular weight is 525 g/mol. The topological polar surface area (TPSA) is 95.6 Å². The molecule has 1 saturated carbocycles. The number of nitrogens with one attached hydrogen (secondary N) is 1. The molecule has 38 heavy (non-hydrogen) atoms. The van der Waals surface area contributed by atoms with E-state index >= 15 is 0 Å². The molecule has 1 amide bonds. The smallest absolute Gasteiger partial charge is 0.246 e. The van der Waals surface area contributed by atoms with Gasteiger partial charge in [0.05, 0.1) is 18.8 Å². The summed E-state index contributed by atoms with van der Waals surface area (Å²) in [5.41, 5.74) is 4.76. The standard InChI is InChI=1S/C12H20N2O3.C11H14O.C7H10N2/c1-10(15)11-9-14(7-8-17-11)12(16)5-4-6-13(2)3;1-8-5-4-6-11(7-8)9(2)10(3)12;1-5-4-7(9-8-5)6-2-3-6/h4-5,11H,6-9H2,1-3H3;4-7,9H,1-3H3;4,6H,2-3H2,1H3,(H,8,9)/b5-4+;;. The molecule has 2 aliphatic rings. The van der Waals surface area contributed by atoms with E-state index in [9.17, 15) is 14.4 Å². The number of aryl methyl sites for hydroxylation is 2. The van der Waals surface area contributed by atoms with E-state index in [1.807, 2.05) is 64.0 Å². The molecule has 2 atom stereocenters. The maximum Gasteiger partial charge on any atom is 0.246 e. The molecule has 4 rings (SSSR count). The van der Waals surface area contributed by atoms with Gasteiger partial charge in [-0.15, -0.1) is 0 Å². The van der Waals surface area contributed by atoms with E-state index in [1.165, 1.54) is 36.7 Å². The van der Waals surface area contributed by atoms with Gasteiger partial charge in [0.1, 0.15) is 11.9 Å². The van der Waals surface area contributed by atoms with Crippen LogP contribution < -0.4 is 0 Å². The van der Waals surface area contributed by atoms with Crippen LogP contribution in [0.2, 0.25) is 0 Å². The van der Waals surface area contributed by atoms with Gasteiger partial charge in [-0.3, -0.25) is 19.5 Å². The molecule has 1 saturated heterocycles. The normalized spacial score (nSPS) is 17.8. The summed E-state index contributed by atoms with van der Waals surface area (Å²) in [4.78, 5) is 37.7. The maximum atomic E-state index is 11.8. The van der Waals surface area contributed by atoms with Crippen molar-refractivity contribution >= 4 is 17.5 Å². The number of likely N-dealkylation sites (N-methyl/N-ethyl adjacent to an activating group) is 1. The molecule has 2 aromatic rings. The Morgan fingerprint density at radius 2 is 1.89 bits per heavy atom. The largest absolute Gasteiger partial charge is 0.367 e. The van der Waals surface area contributed by atoms with Crippen LogP contribution in [0.1, 0.15) is 68.0 Å². The van der Waals surface area contributed by atoms with Crippen LogP contribution in [0.5, 0.6) is 0 Å². The number of carbonyl (C=O) groups is 3. The van der Waals surface area contributed by atoms with Crippen LogP contribution in [0.4, 0.5) is 0 Å². The summed E-state index contributed by atoms with van der Waals surface area (Å²) in [6.45, 7) is 11.2. The first-order chi connectivity index (χ1) is 18.0. The van der Waals surface area contributed by atoms with Gasteiger partial charge in [-0.2, -0.15) is 5.10 Å². The quantitative estimate of drug-likeness (QED) is 0.546. The van der Waals surface area contributed by atoms with Crippen molar-refractivity contribution in [3.05, 3.63) is 65.0 Å². The SMILES string of the molecule is CC(=O)C(C)c1cccc(C)c1.CC(=O)C1CN(C(=O)/C=C/CN(C)C)CCO1.Cc1cc(C2CC2)n[nH]1. The Kier molecular flexibility index (Phi) is 12.6.